The second-order valence-corrected chi connectivity index (χ2v) is 7.17. The molecule has 0 spiro atoms. The van der Waals surface area contributed by atoms with Gasteiger partial charge >= 0.3 is 0 Å². The lowest BCUT2D eigenvalue weighted by molar-refractivity contribution is 0.0327. The zero-order valence-corrected chi connectivity index (χ0v) is 13.7. The largest absolute Gasteiger partial charge is 0.329 e. The van der Waals surface area contributed by atoms with E-state index in [0.717, 1.165) is 12.5 Å². The van der Waals surface area contributed by atoms with Gasteiger partial charge < -0.3 is 10.6 Å². The van der Waals surface area contributed by atoms with E-state index in [2.05, 4.69) is 23.6 Å². The maximum Gasteiger partial charge on any atom is 0.0334 e. The van der Waals surface area contributed by atoms with Gasteiger partial charge in [-0.1, -0.05) is 26.7 Å². The molecule has 20 heavy (non-hydrogen) atoms. The first-order valence-electron chi connectivity index (χ1n) is 8.87. The molecule has 1 saturated heterocycles. The van der Waals surface area contributed by atoms with Gasteiger partial charge in [0.1, 0.15) is 0 Å². The van der Waals surface area contributed by atoms with Crippen LogP contribution < -0.4 is 5.73 Å². The summed E-state index contributed by atoms with van der Waals surface area (Å²) in [6.07, 6.45) is 9.42. The minimum absolute atomic E-state index is 0.299. The standard InChI is InChI=1S/C17H35N3/c1-3-9-20(13-12-19-10-4-5-11-19)17(15-18)8-6-7-16(2)14-17/h16H,3-15,18H2,1-2H3. The van der Waals surface area contributed by atoms with Gasteiger partial charge in [0.15, 0.2) is 0 Å². The Morgan fingerprint density at radius 1 is 1.20 bits per heavy atom. The van der Waals surface area contributed by atoms with E-state index < -0.39 is 0 Å². The Morgan fingerprint density at radius 3 is 2.55 bits per heavy atom. The third-order valence-corrected chi connectivity index (χ3v) is 5.50. The van der Waals surface area contributed by atoms with Crippen molar-refractivity contribution in [2.45, 2.75) is 64.3 Å². The van der Waals surface area contributed by atoms with Gasteiger partial charge in [-0.3, -0.25) is 4.90 Å². The van der Waals surface area contributed by atoms with Crippen molar-refractivity contribution in [1.29, 1.82) is 0 Å². The summed E-state index contributed by atoms with van der Waals surface area (Å²) in [5, 5.41) is 0. The molecule has 1 saturated carbocycles. The SMILES string of the molecule is CCCN(CCN1CCCC1)C1(CN)CCCC(C)C1. The average Bonchev–Trinajstić information content (AvgIpc) is 2.96. The van der Waals surface area contributed by atoms with Gasteiger partial charge in [0.25, 0.3) is 0 Å². The van der Waals surface area contributed by atoms with Crippen molar-refractivity contribution in [3.8, 4) is 0 Å². The zero-order valence-electron chi connectivity index (χ0n) is 13.7. The van der Waals surface area contributed by atoms with Gasteiger partial charge in [-0.05, 0) is 57.7 Å². The van der Waals surface area contributed by atoms with Crippen LogP contribution in [0.4, 0.5) is 0 Å². The summed E-state index contributed by atoms with van der Waals surface area (Å²) in [5.74, 6) is 0.846. The molecule has 3 heteroatoms. The highest BCUT2D eigenvalue weighted by molar-refractivity contribution is 4.96. The van der Waals surface area contributed by atoms with Crippen molar-refractivity contribution < 1.29 is 0 Å². The van der Waals surface area contributed by atoms with Crippen LogP contribution in [0, 0.1) is 5.92 Å². The summed E-state index contributed by atoms with van der Waals surface area (Å²) in [5.41, 5.74) is 6.56. The summed E-state index contributed by atoms with van der Waals surface area (Å²) < 4.78 is 0. The van der Waals surface area contributed by atoms with Crippen molar-refractivity contribution in [3.63, 3.8) is 0 Å². The van der Waals surface area contributed by atoms with Gasteiger partial charge in [-0.2, -0.15) is 0 Å². The summed E-state index contributed by atoms with van der Waals surface area (Å²) >= 11 is 0. The summed E-state index contributed by atoms with van der Waals surface area (Å²) in [6.45, 7) is 11.9. The Kier molecular flexibility index (Phi) is 6.31. The quantitative estimate of drug-likeness (QED) is 0.779. The highest BCUT2D eigenvalue weighted by atomic mass is 15.2. The van der Waals surface area contributed by atoms with Gasteiger partial charge in [-0.15, -0.1) is 0 Å². The molecule has 2 rings (SSSR count). The second-order valence-electron chi connectivity index (χ2n) is 7.17. The van der Waals surface area contributed by atoms with Crippen LogP contribution in [-0.2, 0) is 0 Å². The van der Waals surface area contributed by atoms with Crippen molar-refractivity contribution in [1.82, 2.24) is 9.80 Å². The maximum absolute atomic E-state index is 6.26. The molecule has 3 nitrogen and oxygen atoms in total. The Labute approximate surface area is 125 Å². The van der Waals surface area contributed by atoms with Gasteiger partial charge in [0.05, 0.1) is 0 Å². The molecule has 2 aliphatic rings. The van der Waals surface area contributed by atoms with E-state index in [0.29, 0.717) is 5.54 Å². The van der Waals surface area contributed by atoms with Crippen LogP contribution in [0.2, 0.25) is 0 Å². The molecule has 0 aromatic carbocycles. The van der Waals surface area contributed by atoms with E-state index in [1.54, 1.807) is 0 Å². The number of nitrogens with zero attached hydrogens (tertiary/aromatic N) is 2. The van der Waals surface area contributed by atoms with Gasteiger partial charge in [0.2, 0.25) is 0 Å². The third kappa shape index (κ3) is 3.96. The average molecular weight is 281 g/mol. The lowest BCUT2D eigenvalue weighted by atomic mass is 9.75. The van der Waals surface area contributed by atoms with Crippen LogP contribution in [0.1, 0.15) is 58.8 Å². The van der Waals surface area contributed by atoms with Gasteiger partial charge in [0, 0.05) is 25.2 Å². The van der Waals surface area contributed by atoms with Crippen LogP contribution in [0.15, 0.2) is 0 Å². The summed E-state index contributed by atoms with van der Waals surface area (Å²) in [7, 11) is 0. The van der Waals surface area contributed by atoms with E-state index in [4.69, 9.17) is 5.73 Å². The smallest absolute Gasteiger partial charge is 0.0334 e. The first-order valence-corrected chi connectivity index (χ1v) is 8.87. The number of rotatable bonds is 7. The predicted molar refractivity (Wildman–Crippen MR) is 87.0 cm³/mol. The number of likely N-dealkylation sites (tertiary alicyclic amines) is 1. The summed E-state index contributed by atoms with van der Waals surface area (Å²) in [4.78, 5) is 5.39. The highest BCUT2D eigenvalue weighted by Gasteiger charge is 2.38. The van der Waals surface area contributed by atoms with E-state index >= 15 is 0 Å². The minimum Gasteiger partial charge on any atom is -0.329 e. The molecule has 0 aromatic heterocycles. The molecule has 1 heterocycles. The Morgan fingerprint density at radius 2 is 1.95 bits per heavy atom. The van der Waals surface area contributed by atoms with Crippen molar-refractivity contribution >= 4 is 0 Å². The third-order valence-electron chi connectivity index (χ3n) is 5.50. The molecule has 0 radical (unpaired) electrons. The number of hydrogen-bond donors (Lipinski definition) is 1. The number of nitrogens with two attached hydrogens (primary N) is 1. The van der Waals surface area contributed by atoms with Gasteiger partial charge in [-0.25, -0.2) is 0 Å². The lowest BCUT2D eigenvalue weighted by Crippen LogP contribution is -2.57. The molecule has 0 aromatic rings. The second kappa shape index (κ2) is 7.77. The van der Waals surface area contributed by atoms with Crippen LogP contribution in [0.25, 0.3) is 0 Å². The molecule has 0 amide bonds. The molecular formula is C17H35N3. The van der Waals surface area contributed by atoms with Crippen molar-refractivity contribution in [2.24, 2.45) is 11.7 Å². The van der Waals surface area contributed by atoms with E-state index in [-0.39, 0.29) is 0 Å². The topological polar surface area (TPSA) is 32.5 Å². The Hall–Kier alpha value is -0.120. The Bertz CT molecular complexity index is 275. The van der Waals surface area contributed by atoms with Crippen LogP contribution >= 0.6 is 0 Å². The zero-order chi connectivity index (χ0) is 14.4. The summed E-state index contributed by atoms with van der Waals surface area (Å²) in [6, 6.07) is 0. The van der Waals surface area contributed by atoms with Crippen molar-refractivity contribution in [2.75, 3.05) is 39.3 Å². The highest BCUT2D eigenvalue weighted by Crippen LogP contribution is 2.36. The fourth-order valence-corrected chi connectivity index (χ4v) is 4.36. The lowest BCUT2D eigenvalue weighted by Gasteiger charge is -2.48. The molecule has 2 N–H and O–H groups in total. The fraction of sp³-hybridized carbons (Fsp3) is 1.00. The van der Waals surface area contributed by atoms with E-state index in [1.807, 2.05) is 0 Å². The normalized spacial score (nSPS) is 32.1. The maximum atomic E-state index is 6.26. The molecule has 1 aliphatic heterocycles. The molecule has 2 fully saturated rings. The van der Waals surface area contributed by atoms with Crippen LogP contribution in [0.5, 0.6) is 0 Å². The molecule has 1 aliphatic carbocycles. The van der Waals surface area contributed by atoms with Crippen LogP contribution in [0.3, 0.4) is 0 Å². The first-order chi connectivity index (χ1) is 9.70. The fourth-order valence-electron chi connectivity index (χ4n) is 4.36. The first kappa shape index (κ1) is 16.3. The van der Waals surface area contributed by atoms with E-state index in [9.17, 15) is 0 Å². The van der Waals surface area contributed by atoms with Crippen molar-refractivity contribution in [3.05, 3.63) is 0 Å². The molecule has 118 valence electrons. The monoisotopic (exact) mass is 281 g/mol. The molecule has 2 unspecified atom stereocenters. The minimum atomic E-state index is 0.299. The Balaban J connectivity index is 1.96. The van der Waals surface area contributed by atoms with E-state index in [1.165, 1.54) is 77.7 Å². The molecule has 0 bridgehead atoms. The molecular weight excluding hydrogens is 246 g/mol. The van der Waals surface area contributed by atoms with Crippen LogP contribution in [-0.4, -0.2) is 54.6 Å². The molecule has 2 atom stereocenters. The predicted octanol–water partition coefficient (Wildman–Crippen LogP) is 2.70. The number of hydrogen-bond acceptors (Lipinski definition) is 3.